The smallest absolute Gasteiger partial charge is 0.332 e. The molecule has 1 aromatic heterocycles. The van der Waals surface area contributed by atoms with Crippen LogP contribution >= 0.6 is 0 Å². The second kappa shape index (κ2) is 5.81. The lowest BCUT2D eigenvalue weighted by molar-refractivity contribution is -0.119. The lowest BCUT2D eigenvalue weighted by atomic mass is 9.77. The number of piperidine rings is 1. The summed E-state index contributed by atoms with van der Waals surface area (Å²) in [4.78, 5) is 20.0. The molecule has 0 atom stereocenters. The molecule has 4 heterocycles. The lowest BCUT2D eigenvalue weighted by Gasteiger charge is -2.39. The average molecular weight is 327 g/mol. The van der Waals surface area contributed by atoms with E-state index in [0.29, 0.717) is 18.3 Å². The number of carbonyl (C=O) groups excluding carboxylic acids is 1. The highest BCUT2D eigenvalue weighted by Crippen LogP contribution is 2.38. The minimum Gasteiger partial charge on any atom is -0.371 e. The number of hydrogen-bond acceptors (Lipinski definition) is 6. The van der Waals surface area contributed by atoms with Crippen LogP contribution in [0, 0.1) is 12.3 Å². The monoisotopic (exact) mass is 327 g/mol. The summed E-state index contributed by atoms with van der Waals surface area (Å²) in [7, 11) is 0. The van der Waals surface area contributed by atoms with Crippen LogP contribution < -0.4 is 10.2 Å². The Morgan fingerprint density at radius 2 is 2.12 bits per heavy atom. The minimum absolute atomic E-state index is 0.172. The SMILES string of the molecule is Cc1noc(N2C=CC=C(N3CCC4(CC3)CNC(=O)C4)C=C2)n1. The predicted octanol–water partition coefficient (Wildman–Crippen LogP) is 1.71. The molecule has 0 saturated carbocycles. The van der Waals surface area contributed by atoms with E-state index in [9.17, 15) is 4.79 Å². The fourth-order valence-electron chi connectivity index (χ4n) is 3.57. The third kappa shape index (κ3) is 2.81. The van der Waals surface area contributed by atoms with Crippen LogP contribution in [0.4, 0.5) is 6.01 Å². The highest BCUT2D eigenvalue weighted by atomic mass is 16.5. The molecule has 0 bridgehead atoms. The minimum atomic E-state index is 0.172. The van der Waals surface area contributed by atoms with Crippen molar-refractivity contribution in [2.45, 2.75) is 26.2 Å². The Bertz CT molecular complexity index is 725. The normalized spacial score (nSPS) is 22.7. The van der Waals surface area contributed by atoms with Crippen molar-refractivity contribution < 1.29 is 9.32 Å². The standard InChI is InChI=1S/C17H21N5O2/c1-13-19-16(24-20-13)22-7-2-3-14(4-8-22)21-9-5-17(6-10-21)11-15(23)18-12-17/h2-4,7-8H,5-6,9-12H2,1H3,(H,18,23). The van der Waals surface area contributed by atoms with Gasteiger partial charge < -0.3 is 14.7 Å². The van der Waals surface area contributed by atoms with Crippen LogP contribution in [0.3, 0.4) is 0 Å². The lowest BCUT2D eigenvalue weighted by Crippen LogP contribution is -2.40. The highest BCUT2D eigenvalue weighted by molar-refractivity contribution is 5.79. The molecule has 1 spiro atoms. The van der Waals surface area contributed by atoms with E-state index in [-0.39, 0.29) is 11.3 Å². The van der Waals surface area contributed by atoms with Crippen LogP contribution in [0.5, 0.6) is 0 Å². The zero-order chi connectivity index (χ0) is 16.6. The summed E-state index contributed by atoms with van der Waals surface area (Å²) in [5, 5.41) is 6.80. The number of likely N-dealkylation sites (tertiary alicyclic amines) is 1. The first kappa shape index (κ1) is 15.0. The molecule has 0 aromatic carbocycles. The van der Waals surface area contributed by atoms with Crippen LogP contribution in [0.25, 0.3) is 0 Å². The number of rotatable bonds is 2. The van der Waals surface area contributed by atoms with E-state index in [4.69, 9.17) is 4.52 Å². The zero-order valence-corrected chi connectivity index (χ0v) is 13.7. The summed E-state index contributed by atoms with van der Waals surface area (Å²) in [6.45, 7) is 4.57. The van der Waals surface area contributed by atoms with Crippen molar-refractivity contribution in [3.05, 3.63) is 42.1 Å². The van der Waals surface area contributed by atoms with E-state index >= 15 is 0 Å². The molecule has 7 heteroatoms. The van der Waals surface area contributed by atoms with Gasteiger partial charge in [0.05, 0.1) is 0 Å². The first-order valence-corrected chi connectivity index (χ1v) is 8.31. The quantitative estimate of drug-likeness (QED) is 0.891. The Morgan fingerprint density at radius 1 is 1.29 bits per heavy atom. The van der Waals surface area contributed by atoms with E-state index in [1.807, 2.05) is 23.4 Å². The Balaban J connectivity index is 1.42. The summed E-state index contributed by atoms with van der Waals surface area (Å²) < 4.78 is 5.20. The van der Waals surface area contributed by atoms with Crippen molar-refractivity contribution in [1.82, 2.24) is 20.4 Å². The van der Waals surface area contributed by atoms with Crippen LogP contribution in [-0.2, 0) is 4.79 Å². The van der Waals surface area contributed by atoms with Gasteiger partial charge in [0.25, 0.3) is 0 Å². The van der Waals surface area contributed by atoms with E-state index in [1.54, 1.807) is 6.92 Å². The van der Waals surface area contributed by atoms with Crippen molar-refractivity contribution in [3.63, 3.8) is 0 Å². The summed E-state index contributed by atoms with van der Waals surface area (Å²) in [6.07, 6.45) is 12.8. The van der Waals surface area contributed by atoms with Gasteiger partial charge in [0, 0.05) is 44.2 Å². The van der Waals surface area contributed by atoms with Crippen molar-refractivity contribution in [1.29, 1.82) is 0 Å². The van der Waals surface area contributed by atoms with E-state index < -0.39 is 0 Å². The molecule has 126 valence electrons. The largest absolute Gasteiger partial charge is 0.371 e. The van der Waals surface area contributed by atoms with Crippen LogP contribution in [-0.4, -0.2) is 40.6 Å². The molecule has 1 aromatic rings. The molecular formula is C17H21N5O2. The van der Waals surface area contributed by atoms with Gasteiger partial charge in [-0.2, -0.15) is 4.98 Å². The number of anilines is 1. The Hall–Kier alpha value is -2.57. The van der Waals surface area contributed by atoms with Gasteiger partial charge in [-0.25, -0.2) is 0 Å². The van der Waals surface area contributed by atoms with Crippen molar-refractivity contribution in [3.8, 4) is 0 Å². The van der Waals surface area contributed by atoms with Gasteiger partial charge >= 0.3 is 6.01 Å². The Morgan fingerprint density at radius 3 is 2.79 bits per heavy atom. The first-order chi connectivity index (χ1) is 11.6. The van der Waals surface area contributed by atoms with Gasteiger partial charge in [-0.05, 0) is 43.4 Å². The van der Waals surface area contributed by atoms with Gasteiger partial charge in [-0.1, -0.05) is 5.16 Å². The number of allylic oxidation sites excluding steroid dienone is 3. The average Bonchev–Trinajstić information content (AvgIpc) is 3.06. The van der Waals surface area contributed by atoms with E-state index in [2.05, 4.69) is 32.5 Å². The molecule has 1 amide bonds. The number of nitrogens with zero attached hydrogens (tertiary/aromatic N) is 4. The molecule has 2 saturated heterocycles. The summed E-state index contributed by atoms with van der Waals surface area (Å²) >= 11 is 0. The van der Waals surface area contributed by atoms with E-state index in [0.717, 1.165) is 38.2 Å². The molecule has 0 aliphatic carbocycles. The third-order valence-corrected chi connectivity index (χ3v) is 5.04. The first-order valence-electron chi connectivity index (χ1n) is 8.31. The number of aromatic nitrogens is 2. The van der Waals surface area contributed by atoms with Gasteiger partial charge in [0.15, 0.2) is 5.82 Å². The molecule has 0 unspecified atom stereocenters. The summed E-state index contributed by atoms with van der Waals surface area (Å²) in [5.41, 5.74) is 1.34. The molecule has 0 radical (unpaired) electrons. The maximum atomic E-state index is 11.5. The molecular weight excluding hydrogens is 306 g/mol. The second-order valence-corrected chi connectivity index (χ2v) is 6.72. The van der Waals surface area contributed by atoms with Gasteiger partial charge in [-0.3, -0.25) is 9.69 Å². The van der Waals surface area contributed by atoms with Gasteiger partial charge in [0.2, 0.25) is 5.91 Å². The second-order valence-electron chi connectivity index (χ2n) is 6.72. The maximum absolute atomic E-state index is 11.5. The maximum Gasteiger partial charge on any atom is 0.332 e. The zero-order valence-electron chi connectivity index (χ0n) is 13.7. The molecule has 1 N–H and O–H groups in total. The molecule has 4 rings (SSSR count). The third-order valence-electron chi connectivity index (χ3n) is 5.04. The van der Waals surface area contributed by atoms with Gasteiger partial charge in [-0.15, -0.1) is 0 Å². The molecule has 3 aliphatic rings. The number of amides is 1. The number of nitrogens with one attached hydrogen (secondary N) is 1. The fourth-order valence-corrected chi connectivity index (χ4v) is 3.57. The predicted molar refractivity (Wildman–Crippen MR) is 88.7 cm³/mol. The number of aryl methyl sites for hydroxylation is 1. The molecule has 3 aliphatic heterocycles. The van der Waals surface area contributed by atoms with Crippen LogP contribution in [0.2, 0.25) is 0 Å². The molecule has 2 fully saturated rings. The van der Waals surface area contributed by atoms with Crippen LogP contribution in [0.1, 0.15) is 25.1 Å². The van der Waals surface area contributed by atoms with Gasteiger partial charge in [0.1, 0.15) is 0 Å². The molecule has 7 nitrogen and oxygen atoms in total. The highest BCUT2D eigenvalue weighted by Gasteiger charge is 2.40. The summed E-state index contributed by atoms with van der Waals surface area (Å²) in [6, 6.07) is 0.461. The van der Waals surface area contributed by atoms with Crippen LogP contribution in [0.15, 0.2) is 40.8 Å². The van der Waals surface area contributed by atoms with Crippen molar-refractivity contribution >= 4 is 11.9 Å². The number of hydrogen-bond donors (Lipinski definition) is 1. The molecule has 24 heavy (non-hydrogen) atoms. The fraction of sp³-hybridized carbons (Fsp3) is 0.471. The number of carbonyl (C=O) groups is 1. The van der Waals surface area contributed by atoms with Crippen molar-refractivity contribution in [2.24, 2.45) is 5.41 Å². The van der Waals surface area contributed by atoms with E-state index in [1.165, 1.54) is 0 Å². The summed E-state index contributed by atoms with van der Waals surface area (Å²) in [5.74, 6) is 0.815. The Labute approximate surface area is 140 Å². The topological polar surface area (TPSA) is 74.5 Å². The van der Waals surface area contributed by atoms with Crippen molar-refractivity contribution in [2.75, 3.05) is 24.5 Å². The Kier molecular flexibility index (Phi) is 3.63.